The number of rotatable bonds is 5. The summed E-state index contributed by atoms with van der Waals surface area (Å²) in [6.45, 7) is 2.86. The van der Waals surface area contributed by atoms with Crippen LogP contribution in [0.5, 0.6) is 0 Å². The van der Waals surface area contributed by atoms with Gasteiger partial charge in [-0.1, -0.05) is 6.42 Å². The number of likely N-dealkylation sites (N-methyl/N-ethyl adjacent to an activating group) is 1. The Morgan fingerprint density at radius 2 is 2.09 bits per heavy atom. The summed E-state index contributed by atoms with van der Waals surface area (Å²) in [5, 5.41) is 5.66. The van der Waals surface area contributed by atoms with Crippen LogP contribution in [0.2, 0.25) is 0 Å². The molecule has 2 atom stereocenters. The zero-order valence-corrected chi connectivity index (χ0v) is 13.7. The first-order valence-corrected chi connectivity index (χ1v) is 7.71. The third-order valence-electron chi connectivity index (χ3n) is 3.83. The lowest BCUT2D eigenvalue weighted by molar-refractivity contribution is -0.135. The Bertz CT molecular complexity index is 400. The molecule has 0 saturated carbocycles. The van der Waals surface area contributed by atoms with Crippen LogP contribution >= 0.6 is 0 Å². The van der Waals surface area contributed by atoms with Gasteiger partial charge < -0.3 is 20.3 Å². The van der Waals surface area contributed by atoms with Crippen molar-refractivity contribution in [2.45, 2.75) is 38.6 Å². The van der Waals surface area contributed by atoms with Gasteiger partial charge in [-0.05, 0) is 12.8 Å². The zero-order chi connectivity index (χ0) is 16.5. The standard InChI is InChI=1S/C15H27N3O4/c1-11(19)17-13-6-4-5-12(9-14(20)18(2)10-13)15(21)16-7-8-22-3/h12-13H,4-10H2,1-3H3,(H,16,21)(H,17,19). The van der Waals surface area contributed by atoms with Crippen LogP contribution in [0.1, 0.15) is 32.6 Å². The fraction of sp³-hybridized carbons (Fsp3) is 0.800. The molecular formula is C15H27N3O4. The summed E-state index contributed by atoms with van der Waals surface area (Å²) >= 11 is 0. The minimum absolute atomic E-state index is 0.0539. The molecule has 3 amide bonds. The summed E-state index contributed by atoms with van der Waals surface area (Å²) in [6.07, 6.45) is 2.42. The van der Waals surface area contributed by atoms with E-state index in [-0.39, 0.29) is 36.1 Å². The van der Waals surface area contributed by atoms with Gasteiger partial charge in [0.1, 0.15) is 0 Å². The summed E-state index contributed by atoms with van der Waals surface area (Å²) in [7, 11) is 3.29. The first kappa shape index (κ1) is 18.4. The number of methoxy groups -OCH3 is 1. The summed E-state index contributed by atoms with van der Waals surface area (Å²) in [6, 6.07) is -0.0539. The maximum atomic E-state index is 12.2. The SMILES string of the molecule is COCCNC(=O)C1CCCC(NC(C)=O)CN(C)C(=O)C1. The average molecular weight is 313 g/mol. The van der Waals surface area contributed by atoms with E-state index in [2.05, 4.69) is 10.6 Å². The van der Waals surface area contributed by atoms with Gasteiger partial charge in [0, 0.05) is 52.6 Å². The molecule has 0 aromatic rings. The van der Waals surface area contributed by atoms with Crippen LogP contribution < -0.4 is 10.6 Å². The molecule has 0 bridgehead atoms. The highest BCUT2D eigenvalue weighted by Crippen LogP contribution is 2.18. The number of hydrogen-bond acceptors (Lipinski definition) is 4. The van der Waals surface area contributed by atoms with Crippen LogP contribution in [0.3, 0.4) is 0 Å². The van der Waals surface area contributed by atoms with Crippen molar-refractivity contribution in [3.05, 3.63) is 0 Å². The van der Waals surface area contributed by atoms with Crippen molar-refractivity contribution in [2.75, 3.05) is 33.9 Å². The molecule has 0 spiro atoms. The average Bonchev–Trinajstić information content (AvgIpc) is 2.50. The predicted octanol–water partition coefficient (Wildman–Crippen LogP) is -0.0977. The first-order valence-electron chi connectivity index (χ1n) is 7.71. The highest BCUT2D eigenvalue weighted by atomic mass is 16.5. The minimum atomic E-state index is -0.317. The maximum absolute atomic E-state index is 12.2. The Balaban J connectivity index is 2.63. The number of ether oxygens (including phenoxy) is 1. The summed E-state index contributed by atoms with van der Waals surface area (Å²) < 4.78 is 4.90. The molecule has 1 rings (SSSR count). The van der Waals surface area contributed by atoms with Crippen molar-refractivity contribution in [1.82, 2.24) is 15.5 Å². The molecule has 22 heavy (non-hydrogen) atoms. The Morgan fingerprint density at radius 3 is 2.73 bits per heavy atom. The Labute approximate surface area is 131 Å². The van der Waals surface area contributed by atoms with E-state index in [0.717, 1.165) is 12.8 Å². The molecule has 2 N–H and O–H groups in total. The Morgan fingerprint density at radius 1 is 1.36 bits per heavy atom. The van der Waals surface area contributed by atoms with Crippen molar-refractivity contribution >= 4 is 17.7 Å². The molecule has 0 aliphatic carbocycles. The second-order valence-corrected chi connectivity index (χ2v) is 5.79. The van der Waals surface area contributed by atoms with Crippen molar-refractivity contribution in [2.24, 2.45) is 5.92 Å². The quantitative estimate of drug-likeness (QED) is 0.694. The number of nitrogens with zero attached hydrogens (tertiary/aromatic N) is 1. The molecule has 0 radical (unpaired) electrons. The third-order valence-corrected chi connectivity index (χ3v) is 3.83. The van der Waals surface area contributed by atoms with Gasteiger partial charge in [0.25, 0.3) is 0 Å². The summed E-state index contributed by atoms with van der Waals surface area (Å²) in [4.78, 5) is 37.2. The molecular weight excluding hydrogens is 286 g/mol. The van der Waals surface area contributed by atoms with Gasteiger partial charge in [-0.2, -0.15) is 0 Å². The van der Waals surface area contributed by atoms with Gasteiger partial charge in [-0.3, -0.25) is 14.4 Å². The largest absolute Gasteiger partial charge is 0.383 e. The topological polar surface area (TPSA) is 87.7 Å². The molecule has 1 heterocycles. The normalized spacial score (nSPS) is 23.2. The molecule has 2 unspecified atom stereocenters. The monoisotopic (exact) mass is 313 g/mol. The number of carbonyl (C=O) groups excluding carboxylic acids is 3. The first-order chi connectivity index (χ1) is 10.4. The van der Waals surface area contributed by atoms with Crippen molar-refractivity contribution in [3.8, 4) is 0 Å². The van der Waals surface area contributed by atoms with E-state index >= 15 is 0 Å². The fourth-order valence-corrected chi connectivity index (χ4v) is 2.65. The van der Waals surface area contributed by atoms with E-state index < -0.39 is 0 Å². The molecule has 0 aromatic carbocycles. The van der Waals surface area contributed by atoms with Crippen LogP contribution in [-0.4, -0.2) is 62.5 Å². The second kappa shape index (κ2) is 9.40. The lowest BCUT2D eigenvalue weighted by atomic mass is 9.96. The lowest BCUT2D eigenvalue weighted by Crippen LogP contribution is -2.43. The van der Waals surface area contributed by atoms with E-state index in [4.69, 9.17) is 4.74 Å². The van der Waals surface area contributed by atoms with Crippen LogP contribution in [0.25, 0.3) is 0 Å². The predicted molar refractivity (Wildman–Crippen MR) is 82.1 cm³/mol. The van der Waals surface area contributed by atoms with Gasteiger partial charge >= 0.3 is 0 Å². The van der Waals surface area contributed by atoms with E-state index in [1.807, 2.05) is 0 Å². The molecule has 1 aliphatic heterocycles. The highest BCUT2D eigenvalue weighted by molar-refractivity contribution is 5.85. The van der Waals surface area contributed by atoms with Crippen LogP contribution in [-0.2, 0) is 19.1 Å². The van der Waals surface area contributed by atoms with Gasteiger partial charge in [0.2, 0.25) is 17.7 Å². The zero-order valence-electron chi connectivity index (χ0n) is 13.7. The number of carbonyl (C=O) groups is 3. The van der Waals surface area contributed by atoms with E-state index in [9.17, 15) is 14.4 Å². The van der Waals surface area contributed by atoms with E-state index in [0.29, 0.717) is 26.1 Å². The highest BCUT2D eigenvalue weighted by Gasteiger charge is 2.27. The molecule has 1 saturated heterocycles. The number of hydrogen-bond donors (Lipinski definition) is 2. The Hall–Kier alpha value is -1.63. The van der Waals surface area contributed by atoms with Crippen LogP contribution in [0.15, 0.2) is 0 Å². The molecule has 7 heteroatoms. The van der Waals surface area contributed by atoms with Crippen molar-refractivity contribution in [3.63, 3.8) is 0 Å². The number of amides is 3. The van der Waals surface area contributed by atoms with Gasteiger partial charge in [-0.25, -0.2) is 0 Å². The molecule has 7 nitrogen and oxygen atoms in total. The van der Waals surface area contributed by atoms with Gasteiger partial charge in [0.15, 0.2) is 0 Å². The third kappa shape index (κ3) is 6.43. The second-order valence-electron chi connectivity index (χ2n) is 5.79. The fourth-order valence-electron chi connectivity index (χ4n) is 2.65. The number of nitrogens with one attached hydrogen (secondary N) is 2. The van der Waals surface area contributed by atoms with Crippen molar-refractivity contribution in [1.29, 1.82) is 0 Å². The smallest absolute Gasteiger partial charge is 0.223 e. The van der Waals surface area contributed by atoms with E-state index in [1.165, 1.54) is 6.92 Å². The molecule has 1 fully saturated rings. The van der Waals surface area contributed by atoms with Gasteiger partial charge in [0.05, 0.1) is 6.61 Å². The summed E-state index contributed by atoms with van der Waals surface area (Å²) in [5.74, 6) is -0.581. The van der Waals surface area contributed by atoms with Crippen molar-refractivity contribution < 1.29 is 19.1 Å². The molecule has 126 valence electrons. The van der Waals surface area contributed by atoms with Gasteiger partial charge in [-0.15, -0.1) is 0 Å². The van der Waals surface area contributed by atoms with Crippen LogP contribution in [0.4, 0.5) is 0 Å². The Kier molecular flexibility index (Phi) is 7.87. The molecule has 1 aliphatic rings. The van der Waals surface area contributed by atoms with Crippen LogP contribution in [0, 0.1) is 5.92 Å². The molecule has 0 aromatic heterocycles. The minimum Gasteiger partial charge on any atom is -0.383 e. The van der Waals surface area contributed by atoms with E-state index in [1.54, 1.807) is 19.1 Å². The summed E-state index contributed by atoms with van der Waals surface area (Å²) in [5.41, 5.74) is 0. The lowest BCUT2D eigenvalue weighted by Gasteiger charge is -2.23. The maximum Gasteiger partial charge on any atom is 0.223 e.